The Morgan fingerprint density at radius 1 is 1.15 bits per heavy atom. The Morgan fingerprint density at radius 3 is 2.45 bits per heavy atom. The van der Waals surface area contributed by atoms with Crippen LogP contribution in [-0.4, -0.2) is 26.2 Å². The second kappa shape index (κ2) is 11.6. The second-order valence-corrected chi connectivity index (χ2v) is 4.42. The van der Waals surface area contributed by atoms with Crippen molar-refractivity contribution in [2.24, 2.45) is 5.73 Å². The molecule has 0 unspecified atom stereocenters. The zero-order valence-corrected chi connectivity index (χ0v) is 12.8. The fourth-order valence-electron chi connectivity index (χ4n) is 1.71. The molecule has 4 nitrogen and oxygen atoms in total. The van der Waals surface area contributed by atoms with Gasteiger partial charge in [-0.05, 0) is 49.9 Å². The first-order valence-corrected chi connectivity index (χ1v) is 6.75. The van der Waals surface area contributed by atoms with E-state index >= 15 is 0 Å². The van der Waals surface area contributed by atoms with E-state index in [0.29, 0.717) is 12.8 Å². The van der Waals surface area contributed by atoms with Crippen LogP contribution in [-0.2, 0) is 16.0 Å². The molecular formula is C15H24ClNO3. The van der Waals surface area contributed by atoms with E-state index in [1.807, 2.05) is 24.3 Å². The molecule has 0 aliphatic heterocycles. The summed E-state index contributed by atoms with van der Waals surface area (Å²) in [6, 6.07) is 7.85. The summed E-state index contributed by atoms with van der Waals surface area (Å²) in [7, 11) is 1.41. The summed E-state index contributed by atoms with van der Waals surface area (Å²) in [5, 5.41) is 0. The molecular weight excluding hydrogens is 278 g/mol. The van der Waals surface area contributed by atoms with Crippen LogP contribution in [0.5, 0.6) is 5.75 Å². The van der Waals surface area contributed by atoms with Crippen LogP contribution in [0, 0.1) is 0 Å². The quantitative estimate of drug-likeness (QED) is 0.563. The number of esters is 1. The Bertz CT molecular complexity index is 368. The standard InChI is InChI=1S/C15H23NO3.ClH/c1-18-15(17)10-7-13-5-8-14(9-6-13)19-12-4-2-3-11-16;/h5-6,8-9H,2-4,7,10-12,16H2,1H3;1H. The van der Waals surface area contributed by atoms with Crippen LogP contribution < -0.4 is 10.5 Å². The van der Waals surface area contributed by atoms with Crippen molar-refractivity contribution in [3.8, 4) is 5.75 Å². The molecule has 0 saturated heterocycles. The molecule has 1 aromatic rings. The van der Waals surface area contributed by atoms with Crippen molar-refractivity contribution in [3.05, 3.63) is 29.8 Å². The normalized spacial score (nSPS) is 9.70. The number of aryl methyl sites for hydroxylation is 1. The number of hydrogen-bond acceptors (Lipinski definition) is 4. The van der Waals surface area contributed by atoms with E-state index in [4.69, 9.17) is 10.5 Å². The number of benzene rings is 1. The van der Waals surface area contributed by atoms with Gasteiger partial charge >= 0.3 is 5.97 Å². The Hall–Kier alpha value is -1.26. The number of unbranched alkanes of at least 4 members (excludes halogenated alkanes) is 2. The molecule has 2 N–H and O–H groups in total. The fraction of sp³-hybridized carbons (Fsp3) is 0.533. The molecule has 0 radical (unpaired) electrons. The summed E-state index contributed by atoms with van der Waals surface area (Å²) >= 11 is 0. The molecule has 0 saturated carbocycles. The molecule has 0 heterocycles. The number of carbonyl (C=O) groups is 1. The van der Waals surface area contributed by atoms with Crippen LogP contribution >= 0.6 is 12.4 Å². The average Bonchev–Trinajstić information content (AvgIpc) is 2.45. The van der Waals surface area contributed by atoms with E-state index in [1.165, 1.54) is 7.11 Å². The highest BCUT2D eigenvalue weighted by molar-refractivity contribution is 5.85. The number of methoxy groups -OCH3 is 1. The number of hydrogen-bond donors (Lipinski definition) is 1. The first-order chi connectivity index (χ1) is 9.26. The summed E-state index contributed by atoms with van der Waals surface area (Å²) in [4.78, 5) is 11.0. The van der Waals surface area contributed by atoms with Gasteiger partial charge in [0.05, 0.1) is 13.7 Å². The first kappa shape index (κ1) is 18.7. The number of ether oxygens (including phenoxy) is 2. The lowest BCUT2D eigenvalue weighted by Crippen LogP contribution is -2.02. The van der Waals surface area contributed by atoms with Crippen LogP contribution in [0.2, 0.25) is 0 Å². The van der Waals surface area contributed by atoms with Gasteiger partial charge in [0.2, 0.25) is 0 Å². The lowest BCUT2D eigenvalue weighted by Gasteiger charge is -2.07. The van der Waals surface area contributed by atoms with E-state index in [-0.39, 0.29) is 18.4 Å². The Balaban J connectivity index is 0.00000361. The van der Waals surface area contributed by atoms with Gasteiger partial charge in [-0.25, -0.2) is 0 Å². The maximum Gasteiger partial charge on any atom is 0.305 e. The highest BCUT2D eigenvalue weighted by atomic mass is 35.5. The lowest BCUT2D eigenvalue weighted by molar-refractivity contribution is -0.140. The molecule has 0 atom stereocenters. The second-order valence-electron chi connectivity index (χ2n) is 4.42. The minimum Gasteiger partial charge on any atom is -0.494 e. The Kier molecular flexibility index (Phi) is 10.8. The maximum absolute atomic E-state index is 11.0. The highest BCUT2D eigenvalue weighted by Gasteiger charge is 2.01. The molecule has 1 rings (SSSR count). The van der Waals surface area contributed by atoms with Crippen molar-refractivity contribution in [2.45, 2.75) is 32.1 Å². The molecule has 0 aliphatic carbocycles. The highest BCUT2D eigenvalue weighted by Crippen LogP contribution is 2.14. The van der Waals surface area contributed by atoms with Gasteiger partial charge in [-0.2, -0.15) is 0 Å². The number of rotatable bonds is 9. The maximum atomic E-state index is 11.0. The van der Waals surface area contributed by atoms with Gasteiger partial charge in [0.15, 0.2) is 0 Å². The van der Waals surface area contributed by atoms with Crippen molar-refractivity contribution in [1.29, 1.82) is 0 Å². The Labute approximate surface area is 127 Å². The largest absolute Gasteiger partial charge is 0.494 e. The zero-order valence-electron chi connectivity index (χ0n) is 12.0. The molecule has 114 valence electrons. The smallest absolute Gasteiger partial charge is 0.305 e. The van der Waals surface area contributed by atoms with Gasteiger partial charge in [0.25, 0.3) is 0 Å². The minimum atomic E-state index is -0.180. The topological polar surface area (TPSA) is 61.5 Å². The van der Waals surface area contributed by atoms with Crippen LogP contribution in [0.3, 0.4) is 0 Å². The van der Waals surface area contributed by atoms with Gasteiger partial charge in [-0.1, -0.05) is 12.1 Å². The lowest BCUT2D eigenvalue weighted by atomic mass is 10.1. The van der Waals surface area contributed by atoms with Gasteiger partial charge in [-0.3, -0.25) is 4.79 Å². The third-order valence-corrected chi connectivity index (χ3v) is 2.89. The first-order valence-electron chi connectivity index (χ1n) is 6.75. The van der Waals surface area contributed by atoms with E-state index in [2.05, 4.69) is 4.74 Å². The minimum absolute atomic E-state index is 0. The molecule has 0 aromatic heterocycles. The zero-order chi connectivity index (χ0) is 13.9. The molecule has 0 fully saturated rings. The van der Waals surface area contributed by atoms with Crippen LogP contribution in [0.1, 0.15) is 31.2 Å². The molecule has 20 heavy (non-hydrogen) atoms. The third kappa shape index (κ3) is 8.02. The molecule has 0 bridgehead atoms. The third-order valence-electron chi connectivity index (χ3n) is 2.89. The predicted molar refractivity (Wildman–Crippen MR) is 82.4 cm³/mol. The van der Waals surface area contributed by atoms with E-state index < -0.39 is 0 Å². The summed E-state index contributed by atoms with van der Waals surface area (Å²) in [6.45, 7) is 1.47. The van der Waals surface area contributed by atoms with Gasteiger partial charge in [0.1, 0.15) is 5.75 Å². The van der Waals surface area contributed by atoms with E-state index in [0.717, 1.165) is 43.7 Å². The Morgan fingerprint density at radius 2 is 1.85 bits per heavy atom. The van der Waals surface area contributed by atoms with Gasteiger partial charge < -0.3 is 15.2 Å². The SMILES string of the molecule is COC(=O)CCc1ccc(OCCCCCN)cc1.Cl. The number of halogens is 1. The number of nitrogens with two attached hydrogens (primary N) is 1. The van der Waals surface area contributed by atoms with Crippen molar-refractivity contribution in [3.63, 3.8) is 0 Å². The van der Waals surface area contributed by atoms with Crippen molar-refractivity contribution in [2.75, 3.05) is 20.3 Å². The predicted octanol–water partition coefficient (Wildman–Crippen LogP) is 2.72. The van der Waals surface area contributed by atoms with Crippen LogP contribution in [0.4, 0.5) is 0 Å². The summed E-state index contributed by atoms with van der Waals surface area (Å²) < 4.78 is 10.2. The van der Waals surface area contributed by atoms with Crippen molar-refractivity contribution in [1.82, 2.24) is 0 Å². The van der Waals surface area contributed by atoms with Gasteiger partial charge in [0, 0.05) is 6.42 Å². The summed E-state index contributed by atoms with van der Waals surface area (Å²) in [6.07, 6.45) is 4.30. The molecule has 0 spiro atoms. The fourth-order valence-corrected chi connectivity index (χ4v) is 1.71. The van der Waals surface area contributed by atoms with Crippen LogP contribution in [0.25, 0.3) is 0 Å². The average molecular weight is 302 g/mol. The van der Waals surface area contributed by atoms with Crippen LogP contribution in [0.15, 0.2) is 24.3 Å². The van der Waals surface area contributed by atoms with Crippen molar-refractivity contribution >= 4 is 18.4 Å². The van der Waals surface area contributed by atoms with Gasteiger partial charge in [-0.15, -0.1) is 12.4 Å². The summed E-state index contributed by atoms with van der Waals surface area (Å²) in [5.74, 6) is 0.690. The molecule has 0 amide bonds. The number of carbonyl (C=O) groups excluding carboxylic acids is 1. The van der Waals surface area contributed by atoms with E-state index in [9.17, 15) is 4.79 Å². The monoisotopic (exact) mass is 301 g/mol. The molecule has 0 aliphatic rings. The molecule has 5 heteroatoms. The van der Waals surface area contributed by atoms with E-state index in [1.54, 1.807) is 0 Å². The molecule has 1 aromatic carbocycles. The summed E-state index contributed by atoms with van der Waals surface area (Å²) in [5.41, 5.74) is 6.54. The van der Waals surface area contributed by atoms with Crippen molar-refractivity contribution < 1.29 is 14.3 Å².